The Hall–Kier alpha value is -3.62. The summed E-state index contributed by atoms with van der Waals surface area (Å²) in [6, 6.07) is 16.6. The molecule has 3 N–H and O–H groups in total. The van der Waals surface area contributed by atoms with Crippen molar-refractivity contribution in [2.75, 3.05) is 18.4 Å². The van der Waals surface area contributed by atoms with E-state index in [2.05, 4.69) is 20.9 Å². The van der Waals surface area contributed by atoms with Crippen LogP contribution in [0.2, 0.25) is 5.02 Å². The standard InChI is InChI=1S/C24H23ClN6O2.CH4/c1-31-22-7-6-18(12-20(22)30-24(31)29-16-4-2-15(25)3-5-16)33-19-9-11-27-21(13-19)23(32)28-17-8-10-26-14-17;/h2-7,9,11-13,17,26H,8,10,14H2,1H3,(H,28,32)(H,29,30);1H4/t17-;/m0./s1. The van der Waals surface area contributed by atoms with E-state index in [4.69, 9.17) is 21.3 Å². The number of aromatic nitrogens is 3. The lowest BCUT2D eigenvalue weighted by atomic mass is 10.2. The Morgan fingerprint density at radius 2 is 1.94 bits per heavy atom. The van der Waals surface area contributed by atoms with Gasteiger partial charge < -0.3 is 25.3 Å². The number of anilines is 2. The molecule has 1 saturated heterocycles. The number of aryl methyl sites for hydroxylation is 1. The molecule has 0 unspecified atom stereocenters. The third-order valence-electron chi connectivity index (χ3n) is 5.55. The fraction of sp³-hybridized carbons (Fsp3) is 0.240. The van der Waals surface area contributed by atoms with E-state index in [-0.39, 0.29) is 19.4 Å². The van der Waals surface area contributed by atoms with Crippen LogP contribution in [0, 0.1) is 0 Å². The van der Waals surface area contributed by atoms with Gasteiger partial charge in [-0.1, -0.05) is 19.0 Å². The van der Waals surface area contributed by atoms with Gasteiger partial charge in [-0.25, -0.2) is 4.98 Å². The van der Waals surface area contributed by atoms with Gasteiger partial charge in [-0.15, -0.1) is 0 Å². The second-order valence-corrected chi connectivity index (χ2v) is 8.36. The van der Waals surface area contributed by atoms with Crippen molar-refractivity contribution >= 4 is 40.2 Å². The molecule has 176 valence electrons. The quantitative estimate of drug-likeness (QED) is 0.365. The predicted molar refractivity (Wildman–Crippen MR) is 135 cm³/mol. The molecule has 3 heterocycles. The maximum atomic E-state index is 12.5. The van der Waals surface area contributed by atoms with E-state index < -0.39 is 0 Å². The minimum Gasteiger partial charge on any atom is -0.457 e. The molecule has 1 aliphatic rings. The van der Waals surface area contributed by atoms with Gasteiger partial charge in [0.2, 0.25) is 5.95 Å². The molecule has 4 aromatic rings. The number of rotatable bonds is 6. The molecule has 5 rings (SSSR count). The summed E-state index contributed by atoms with van der Waals surface area (Å²) >= 11 is 5.97. The normalized spacial score (nSPS) is 15.1. The van der Waals surface area contributed by atoms with Crippen LogP contribution >= 0.6 is 11.6 Å². The van der Waals surface area contributed by atoms with Crippen LogP contribution in [0.1, 0.15) is 24.3 Å². The highest BCUT2D eigenvalue weighted by atomic mass is 35.5. The smallest absolute Gasteiger partial charge is 0.270 e. The van der Waals surface area contributed by atoms with Gasteiger partial charge in [-0.05, 0) is 55.4 Å². The van der Waals surface area contributed by atoms with Crippen LogP contribution < -0.4 is 20.7 Å². The molecule has 9 heteroatoms. The van der Waals surface area contributed by atoms with Gasteiger partial charge in [0.05, 0.1) is 11.0 Å². The molecule has 0 aliphatic carbocycles. The van der Waals surface area contributed by atoms with E-state index in [9.17, 15) is 4.79 Å². The molecule has 2 aromatic heterocycles. The molecule has 0 bridgehead atoms. The summed E-state index contributed by atoms with van der Waals surface area (Å²) in [6.07, 6.45) is 2.49. The maximum absolute atomic E-state index is 12.5. The average Bonchev–Trinajstić information content (AvgIpc) is 3.43. The van der Waals surface area contributed by atoms with Crippen molar-refractivity contribution in [2.24, 2.45) is 7.05 Å². The third-order valence-corrected chi connectivity index (χ3v) is 5.80. The molecule has 1 fully saturated rings. The van der Waals surface area contributed by atoms with Gasteiger partial charge in [0.15, 0.2) is 0 Å². The molecular formula is C25H27ClN6O2. The first-order chi connectivity index (χ1) is 16.0. The summed E-state index contributed by atoms with van der Waals surface area (Å²) < 4.78 is 7.98. The summed E-state index contributed by atoms with van der Waals surface area (Å²) in [7, 11) is 1.95. The SMILES string of the molecule is C.Cn1c(Nc2ccc(Cl)cc2)nc2cc(Oc3ccnc(C(=O)N[C@H]4CCNC4)c3)ccc21. The van der Waals surface area contributed by atoms with Crippen molar-refractivity contribution < 1.29 is 9.53 Å². The van der Waals surface area contributed by atoms with Crippen molar-refractivity contribution in [1.29, 1.82) is 0 Å². The van der Waals surface area contributed by atoms with Gasteiger partial charge >= 0.3 is 0 Å². The number of carbonyl (C=O) groups excluding carboxylic acids is 1. The Labute approximate surface area is 203 Å². The molecule has 2 aromatic carbocycles. The second kappa shape index (κ2) is 10.1. The highest BCUT2D eigenvalue weighted by molar-refractivity contribution is 6.30. The molecule has 0 spiro atoms. The summed E-state index contributed by atoms with van der Waals surface area (Å²) in [5.74, 6) is 1.66. The van der Waals surface area contributed by atoms with Crippen molar-refractivity contribution in [2.45, 2.75) is 19.9 Å². The van der Waals surface area contributed by atoms with Crippen molar-refractivity contribution in [3.05, 3.63) is 71.5 Å². The molecule has 1 amide bonds. The molecule has 34 heavy (non-hydrogen) atoms. The van der Waals surface area contributed by atoms with E-state index in [0.717, 1.165) is 36.2 Å². The van der Waals surface area contributed by atoms with Crippen LogP contribution in [0.5, 0.6) is 11.5 Å². The van der Waals surface area contributed by atoms with Gasteiger partial charge in [0.1, 0.15) is 17.2 Å². The number of imidazole rings is 1. The fourth-order valence-electron chi connectivity index (χ4n) is 3.79. The van der Waals surface area contributed by atoms with Crippen LogP contribution in [0.25, 0.3) is 11.0 Å². The van der Waals surface area contributed by atoms with Crippen LogP contribution in [0.15, 0.2) is 60.8 Å². The minimum absolute atomic E-state index is 0. The van der Waals surface area contributed by atoms with Crippen LogP contribution in [-0.4, -0.2) is 39.6 Å². The Kier molecular flexibility index (Phi) is 7.00. The Morgan fingerprint density at radius 3 is 2.71 bits per heavy atom. The van der Waals surface area contributed by atoms with E-state index in [1.165, 1.54) is 0 Å². The van der Waals surface area contributed by atoms with Crippen molar-refractivity contribution in [3.8, 4) is 11.5 Å². The number of fused-ring (bicyclic) bond motifs is 1. The topological polar surface area (TPSA) is 93.1 Å². The Morgan fingerprint density at radius 1 is 1.15 bits per heavy atom. The van der Waals surface area contributed by atoms with E-state index in [0.29, 0.717) is 28.2 Å². The first kappa shape index (κ1) is 23.5. The maximum Gasteiger partial charge on any atom is 0.270 e. The molecule has 0 radical (unpaired) electrons. The van der Waals surface area contributed by atoms with Crippen molar-refractivity contribution in [1.82, 2.24) is 25.2 Å². The zero-order valence-electron chi connectivity index (χ0n) is 18.0. The van der Waals surface area contributed by atoms with Crippen LogP contribution in [-0.2, 0) is 7.05 Å². The average molecular weight is 479 g/mol. The number of amides is 1. The van der Waals surface area contributed by atoms with Gasteiger partial charge in [-0.2, -0.15) is 0 Å². The highest BCUT2D eigenvalue weighted by Gasteiger charge is 2.18. The number of halogens is 1. The van der Waals surface area contributed by atoms with E-state index in [1.807, 2.05) is 54.1 Å². The van der Waals surface area contributed by atoms with Crippen LogP contribution in [0.4, 0.5) is 11.6 Å². The van der Waals surface area contributed by atoms with Gasteiger partial charge in [-0.3, -0.25) is 9.78 Å². The minimum atomic E-state index is -0.202. The van der Waals surface area contributed by atoms with Gasteiger partial charge in [0, 0.05) is 48.7 Å². The van der Waals surface area contributed by atoms with Crippen LogP contribution in [0.3, 0.4) is 0 Å². The molecule has 1 atom stereocenters. The lowest BCUT2D eigenvalue weighted by Crippen LogP contribution is -2.36. The molecule has 8 nitrogen and oxygen atoms in total. The van der Waals surface area contributed by atoms with Gasteiger partial charge in [0.25, 0.3) is 5.91 Å². The molecule has 0 saturated carbocycles. The third kappa shape index (κ3) is 5.13. The number of nitrogens with zero attached hydrogens (tertiary/aromatic N) is 3. The lowest BCUT2D eigenvalue weighted by Gasteiger charge is -2.11. The zero-order chi connectivity index (χ0) is 22.8. The monoisotopic (exact) mass is 478 g/mol. The number of hydrogen-bond acceptors (Lipinski definition) is 6. The summed E-state index contributed by atoms with van der Waals surface area (Å²) in [4.78, 5) is 21.4. The number of ether oxygens (including phenoxy) is 1. The lowest BCUT2D eigenvalue weighted by molar-refractivity contribution is 0.0934. The largest absolute Gasteiger partial charge is 0.457 e. The fourth-order valence-corrected chi connectivity index (χ4v) is 3.92. The number of benzene rings is 2. The summed E-state index contributed by atoms with van der Waals surface area (Å²) in [5.41, 5.74) is 2.96. The van der Waals surface area contributed by atoms with E-state index >= 15 is 0 Å². The Bertz CT molecular complexity index is 1300. The number of pyridine rings is 1. The molecular weight excluding hydrogens is 452 g/mol. The van der Waals surface area contributed by atoms with Crippen molar-refractivity contribution in [3.63, 3.8) is 0 Å². The predicted octanol–water partition coefficient (Wildman–Crippen LogP) is 4.89. The summed E-state index contributed by atoms with van der Waals surface area (Å²) in [5, 5.41) is 10.2. The number of hydrogen-bond donors (Lipinski definition) is 3. The first-order valence-corrected chi connectivity index (χ1v) is 11.1. The first-order valence-electron chi connectivity index (χ1n) is 10.7. The number of carbonyl (C=O) groups is 1. The second-order valence-electron chi connectivity index (χ2n) is 7.92. The van der Waals surface area contributed by atoms with E-state index in [1.54, 1.807) is 18.3 Å². The number of nitrogens with one attached hydrogen (secondary N) is 3. The zero-order valence-corrected chi connectivity index (χ0v) is 18.8. The Balaban J connectivity index is 0.00000274. The summed E-state index contributed by atoms with van der Waals surface area (Å²) in [6.45, 7) is 1.69. The highest BCUT2D eigenvalue weighted by Crippen LogP contribution is 2.28. The molecule has 1 aliphatic heterocycles.